The summed E-state index contributed by atoms with van der Waals surface area (Å²) in [5.41, 5.74) is -0.532. The third-order valence-corrected chi connectivity index (χ3v) is 7.32. The van der Waals surface area contributed by atoms with Crippen LogP contribution in [0.4, 0.5) is 4.79 Å². The van der Waals surface area contributed by atoms with E-state index in [4.69, 9.17) is 4.74 Å². The maximum Gasteiger partial charge on any atom is 0.329 e. The normalized spacial score (nSPS) is 28.3. The van der Waals surface area contributed by atoms with Crippen LogP contribution in [0.2, 0.25) is 0 Å². The molecule has 148 valence electrons. The zero-order valence-corrected chi connectivity index (χ0v) is 16.6. The lowest BCUT2D eigenvalue weighted by Crippen LogP contribution is -3.17. The van der Waals surface area contributed by atoms with Crippen LogP contribution in [-0.2, 0) is 20.2 Å². The molecule has 27 heavy (non-hydrogen) atoms. The average Bonchev–Trinajstić information content (AvgIpc) is 3.11. The van der Waals surface area contributed by atoms with E-state index in [9.17, 15) is 18.0 Å². The van der Waals surface area contributed by atoms with Gasteiger partial charge in [-0.2, -0.15) is 0 Å². The molecule has 0 spiro atoms. The number of amides is 3. The summed E-state index contributed by atoms with van der Waals surface area (Å²) in [5.74, 6) is 0.536. The lowest BCUT2D eigenvalue weighted by molar-refractivity contribution is -0.927. The van der Waals surface area contributed by atoms with Gasteiger partial charge in [0, 0.05) is 6.42 Å². The Kier molecular flexibility index (Phi) is 5.18. The number of imide groups is 1. The van der Waals surface area contributed by atoms with Crippen molar-refractivity contribution in [2.45, 2.75) is 31.8 Å². The minimum absolute atomic E-state index is 0.0933. The molecular formula is C18H26N3O5S+. The van der Waals surface area contributed by atoms with Gasteiger partial charge in [-0.1, -0.05) is 12.1 Å². The van der Waals surface area contributed by atoms with Crippen molar-refractivity contribution in [2.75, 3.05) is 31.8 Å². The van der Waals surface area contributed by atoms with Crippen molar-refractivity contribution in [1.29, 1.82) is 0 Å². The number of nitrogens with one attached hydrogen (secondary N) is 2. The second-order valence-corrected chi connectivity index (χ2v) is 9.52. The molecular weight excluding hydrogens is 370 g/mol. The first kappa shape index (κ1) is 19.6. The maximum absolute atomic E-state index is 13.1. The van der Waals surface area contributed by atoms with Crippen LogP contribution in [0, 0.1) is 0 Å². The van der Waals surface area contributed by atoms with Gasteiger partial charge in [-0.15, -0.1) is 0 Å². The molecule has 3 rings (SSSR count). The third-order valence-electron chi connectivity index (χ3n) is 5.55. The van der Waals surface area contributed by atoms with Gasteiger partial charge in [0.05, 0.1) is 19.4 Å². The number of ether oxygens (including phenoxy) is 1. The summed E-state index contributed by atoms with van der Waals surface area (Å²) in [7, 11) is -1.48. The van der Waals surface area contributed by atoms with Crippen molar-refractivity contribution >= 4 is 21.8 Å². The van der Waals surface area contributed by atoms with E-state index >= 15 is 0 Å². The molecule has 1 aromatic carbocycles. The third kappa shape index (κ3) is 3.66. The molecule has 3 amide bonds. The molecule has 8 nitrogen and oxygen atoms in total. The molecule has 2 N–H and O–H groups in total. The van der Waals surface area contributed by atoms with E-state index in [1.807, 2.05) is 6.92 Å². The molecule has 2 heterocycles. The van der Waals surface area contributed by atoms with Gasteiger partial charge in [0.1, 0.15) is 23.1 Å². The predicted octanol–water partition coefficient (Wildman–Crippen LogP) is -0.488. The minimum Gasteiger partial charge on any atom is -0.497 e. The van der Waals surface area contributed by atoms with Crippen LogP contribution in [0.3, 0.4) is 0 Å². The van der Waals surface area contributed by atoms with E-state index in [0.717, 1.165) is 4.90 Å². The summed E-state index contributed by atoms with van der Waals surface area (Å²) < 4.78 is 28.8. The van der Waals surface area contributed by atoms with Gasteiger partial charge >= 0.3 is 6.03 Å². The van der Waals surface area contributed by atoms with Crippen molar-refractivity contribution in [3.63, 3.8) is 0 Å². The van der Waals surface area contributed by atoms with Gasteiger partial charge in [-0.05, 0) is 31.5 Å². The fourth-order valence-electron chi connectivity index (χ4n) is 3.82. The van der Waals surface area contributed by atoms with Gasteiger partial charge in [-0.25, -0.2) is 18.1 Å². The number of quaternary nitrogens is 1. The monoisotopic (exact) mass is 396 g/mol. The molecule has 2 fully saturated rings. The van der Waals surface area contributed by atoms with Crippen molar-refractivity contribution in [3.05, 3.63) is 29.8 Å². The fraction of sp³-hybridized carbons (Fsp3) is 0.556. The van der Waals surface area contributed by atoms with Crippen molar-refractivity contribution in [2.24, 2.45) is 0 Å². The first-order valence-corrected chi connectivity index (χ1v) is 10.9. The number of urea groups is 1. The summed E-state index contributed by atoms with van der Waals surface area (Å²) in [6.45, 7) is 4.39. The second-order valence-electron chi connectivity index (χ2n) is 7.29. The molecule has 0 radical (unpaired) electrons. The van der Waals surface area contributed by atoms with Crippen molar-refractivity contribution < 1.29 is 27.6 Å². The Balaban J connectivity index is 1.81. The highest BCUT2D eigenvalue weighted by Crippen LogP contribution is 2.30. The molecule has 1 aromatic rings. The Hall–Kier alpha value is -2.13. The van der Waals surface area contributed by atoms with E-state index in [0.29, 0.717) is 24.3 Å². The van der Waals surface area contributed by atoms with Gasteiger partial charge in [0.25, 0.3) is 5.91 Å². The van der Waals surface area contributed by atoms with Crippen LogP contribution in [0.15, 0.2) is 24.3 Å². The molecule has 9 heteroatoms. The van der Waals surface area contributed by atoms with Crippen molar-refractivity contribution in [3.8, 4) is 5.75 Å². The Morgan fingerprint density at radius 2 is 2.11 bits per heavy atom. The van der Waals surface area contributed by atoms with Crippen LogP contribution >= 0.6 is 0 Å². The summed E-state index contributed by atoms with van der Waals surface area (Å²) in [6, 6.07) is 6.50. The van der Waals surface area contributed by atoms with E-state index in [1.54, 1.807) is 38.3 Å². The zero-order chi connectivity index (χ0) is 19.8. The molecule has 0 aromatic heterocycles. The van der Waals surface area contributed by atoms with Crippen LogP contribution in [0.1, 0.15) is 25.8 Å². The topological polar surface area (TPSA) is 97.2 Å². The summed E-state index contributed by atoms with van der Waals surface area (Å²) in [5, 5.41) is 2.78. The van der Waals surface area contributed by atoms with Crippen LogP contribution in [0.25, 0.3) is 0 Å². The van der Waals surface area contributed by atoms with Crippen molar-refractivity contribution in [1.82, 2.24) is 10.2 Å². The van der Waals surface area contributed by atoms with Gasteiger partial charge in [0.2, 0.25) is 0 Å². The number of rotatable bonds is 6. The highest BCUT2D eigenvalue weighted by atomic mass is 32.2. The smallest absolute Gasteiger partial charge is 0.329 e. The number of methoxy groups -OCH3 is 1. The van der Waals surface area contributed by atoms with Crippen LogP contribution < -0.4 is 15.0 Å². The van der Waals surface area contributed by atoms with E-state index < -0.39 is 21.4 Å². The number of carbonyl (C=O) groups is 2. The first-order valence-electron chi connectivity index (χ1n) is 9.04. The maximum atomic E-state index is 13.1. The number of hydrogen-bond donors (Lipinski definition) is 2. The minimum atomic E-state index is -3.02. The van der Waals surface area contributed by atoms with Crippen LogP contribution in [-0.4, -0.2) is 63.1 Å². The second kappa shape index (κ2) is 7.12. The Morgan fingerprint density at radius 1 is 1.37 bits per heavy atom. The molecule has 1 unspecified atom stereocenters. The molecule has 3 atom stereocenters. The van der Waals surface area contributed by atoms with E-state index in [-0.39, 0.29) is 30.1 Å². The molecule has 0 bridgehead atoms. The lowest BCUT2D eigenvalue weighted by Gasteiger charge is -2.27. The quantitative estimate of drug-likeness (QED) is 0.633. The zero-order valence-electron chi connectivity index (χ0n) is 15.8. The molecule has 0 aliphatic carbocycles. The Morgan fingerprint density at radius 3 is 2.70 bits per heavy atom. The Bertz CT molecular complexity index is 856. The molecule has 2 aliphatic rings. The summed E-state index contributed by atoms with van der Waals surface area (Å²) in [6.07, 6.45) is 0.558. The first-order chi connectivity index (χ1) is 12.7. The SMILES string of the molecule is CC[NH+](CN1C(=O)N[C@@](C)(c2cccc(OC)c2)C1=O)[C@@H]1CCS(=O)(=O)C1. The summed E-state index contributed by atoms with van der Waals surface area (Å²) in [4.78, 5) is 27.8. The fourth-order valence-corrected chi connectivity index (χ4v) is 5.65. The number of sulfone groups is 1. The Labute approximate surface area is 159 Å². The largest absolute Gasteiger partial charge is 0.497 e. The number of nitrogens with zero attached hydrogens (tertiary/aromatic N) is 1. The van der Waals surface area contributed by atoms with Gasteiger partial charge in [0.15, 0.2) is 16.5 Å². The predicted molar refractivity (Wildman–Crippen MR) is 99.2 cm³/mol. The standard InChI is InChI=1S/C18H25N3O5S/c1-4-20(14-8-9-27(24,25)11-14)12-21-16(22)18(2,19-17(21)23)13-6-5-7-15(10-13)26-3/h5-7,10,14H,4,8-9,11-12H2,1-3H3,(H,19,23)/p+1/t14-,18+/m1/s1. The molecule has 2 saturated heterocycles. The van der Waals surface area contributed by atoms with E-state index in [1.165, 1.54) is 4.90 Å². The highest BCUT2D eigenvalue weighted by Gasteiger charge is 2.51. The number of carbonyl (C=O) groups excluding carboxylic acids is 2. The lowest BCUT2D eigenvalue weighted by atomic mass is 9.92. The molecule has 0 saturated carbocycles. The summed E-state index contributed by atoms with van der Waals surface area (Å²) >= 11 is 0. The highest BCUT2D eigenvalue weighted by molar-refractivity contribution is 7.91. The number of hydrogen-bond acceptors (Lipinski definition) is 5. The van der Waals surface area contributed by atoms with Gasteiger partial charge < -0.3 is 15.0 Å². The average molecular weight is 396 g/mol. The van der Waals surface area contributed by atoms with Crippen LogP contribution in [0.5, 0.6) is 5.75 Å². The number of benzene rings is 1. The van der Waals surface area contributed by atoms with E-state index in [2.05, 4.69) is 5.32 Å². The molecule has 2 aliphatic heterocycles. The van der Waals surface area contributed by atoms with Gasteiger partial charge in [-0.3, -0.25) is 4.79 Å².